The number of hydrogen-bond donors (Lipinski definition) is 0. The van der Waals surface area contributed by atoms with Crippen LogP contribution < -0.4 is 4.90 Å². The Morgan fingerprint density at radius 3 is 3.28 bits per heavy atom. The van der Waals surface area contributed by atoms with Gasteiger partial charge in [-0.15, -0.1) is 0 Å². The van der Waals surface area contributed by atoms with E-state index < -0.39 is 0 Å². The van der Waals surface area contributed by atoms with E-state index in [1.54, 1.807) is 4.52 Å². The first kappa shape index (κ1) is 12.0. The van der Waals surface area contributed by atoms with E-state index >= 15 is 0 Å². The maximum atomic E-state index is 6.05. The number of rotatable bonds is 2. The Hall–Kier alpha value is -1.01. The van der Waals surface area contributed by atoms with Crippen LogP contribution in [0.2, 0.25) is 5.15 Å². The molecule has 96 valence electrons. The number of aromatic nitrogens is 4. The SMILES string of the molecule is CCC1CN(c2cc(Cl)nc3ncnn23)CCS1. The van der Waals surface area contributed by atoms with Crippen molar-refractivity contribution >= 4 is 35.0 Å². The molecular formula is C11H14ClN5S. The van der Waals surface area contributed by atoms with Crippen LogP contribution in [0.25, 0.3) is 5.78 Å². The lowest BCUT2D eigenvalue weighted by molar-refractivity contribution is 0.705. The van der Waals surface area contributed by atoms with Gasteiger partial charge in [0, 0.05) is 30.2 Å². The van der Waals surface area contributed by atoms with Crippen LogP contribution in [0.3, 0.4) is 0 Å². The second-order valence-corrected chi connectivity index (χ2v) is 6.05. The summed E-state index contributed by atoms with van der Waals surface area (Å²) in [6, 6.07) is 1.87. The minimum absolute atomic E-state index is 0.469. The van der Waals surface area contributed by atoms with Gasteiger partial charge < -0.3 is 4.90 Å². The van der Waals surface area contributed by atoms with Gasteiger partial charge in [-0.25, -0.2) is 0 Å². The zero-order chi connectivity index (χ0) is 12.5. The molecular weight excluding hydrogens is 270 g/mol. The van der Waals surface area contributed by atoms with Gasteiger partial charge in [-0.05, 0) is 6.42 Å². The van der Waals surface area contributed by atoms with Gasteiger partial charge in [0.1, 0.15) is 17.3 Å². The van der Waals surface area contributed by atoms with Gasteiger partial charge in [-0.2, -0.15) is 31.3 Å². The lowest BCUT2D eigenvalue weighted by Gasteiger charge is -2.33. The molecule has 2 aromatic rings. The summed E-state index contributed by atoms with van der Waals surface area (Å²) < 4.78 is 1.76. The normalized spacial score (nSPS) is 20.6. The molecule has 0 spiro atoms. The molecule has 0 saturated carbocycles. The number of nitrogens with zero attached hydrogens (tertiary/aromatic N) is 5. The van der Waals surface area contributed by atoms with E-state index in [0.29, 0.717) is 16.2 Å². The first-order chi connectivity index (χ1) is 8.78. The molecule has 3 rings (SSSR count). The van der Waals surface area contributed by atoms with E-state index in [0.717, 1.165) is 24.7 Å². The van der Waals surface area contributed by atoms with Crippen LogP contribution in [0.5, 0.6) is 0 Å². The van der Waals surface area contributed by atoms with Crippen molar-refractivity contribution in [1.82, 2.24) is 19.6 Å². The molecule has 0 N–H and O–H groups in total. The minimum Gasteiger partial charge on any atom is -0.354 e. The molecule has 1 aliphatic rings. The summed E-state index contributed by atoms with van der Waals surface area (Å²) in [6.45, 7) is 4.26. The minimum atomic E-state index is 0.469. The highest BCUT2D eigenvalue weighted by Crippen LogP contribution is 2.26. The van der Waals surface area contributed by atoms with Gasteiger partial charge in [-0.3, -0.25) is 0 Å². The Morgan fingerprint density at radius 2 is 2.44 bits per heavy atom. The molecule has 0 bridgehead atoms. The summed E-state index contributed by atoms with van der Waals surface area (Å²) in [4.78, 5) is 10.6. The summed E-state index contributed by atoms with van der Waals surface area (Å²) in [5.41, 5.74) is 0. The van der Waals surface area contributed by atoms with E-state index in [9.17, 15) is 0 Å². The van der Waals surface area contributed by atoms with E-state index in [2.05, 4.69) is 26.9 Å². The monoisotopic (exact) mass is 283 g/mol. The Morgan fingerprint density at radius 1 is 1.56 bits per heavy atom. The summed E-state index contributed by atoms with van der Waals surface area (Å²) in [5.74, 6) is 2.68. The van der Waals surface area contributed by atoms with Crippen molar-refractivity contribution in [3.63, 3.8) is 0 Å². The van der Waals surface area contributed by atoms with Crippen molar-refractivity contribution in [2.24, 2.45) is 0 Å². The van der Waals surface area contributed by atoms with Crippen molar-refractivity contribution in [3.8, 4) is 0 Å². The molecule has 1 saturated heterocycles. The predicted octanol–water partition coefficient (Wildman–Crippen LogP) is 2.11. The quantitative estimate of drug-likeness (QED) is 0.790. The highest BCUT2D eigenvalue weighted by molar-refractivity contribution is 8.00. The van der Waals surface area contributed by atoms with Crippen molar-refractivity contribution in [1.29, 1.82) is 0 Å². The largest absolute Gasteiger partial charge is 0.354 e. The first-order valence-corrected chi connectivity index (χ1v) is 7.43. The average molecular weight is 284 g/mol. The summed E-state index contributed by atoms with van der Waals surface area (Å²) in [5, 5.41) is 5.36. The fourth-order valence-electron chi connectivity index (χ4n) is 2.17. The number of hydrogen-bond acceptors (Lipinski definition) is 5. The molecule has 5 nitrogen and oxygen atoms in total. The lowest BCUT2D eigenvalue weighted by Crippen LogP contribution is -2.38. The van der Waals surface area contributed by atoms with Gasteiger partial charge in [0.15, 0.2) is 0 Å². The molecule has 2 aromatic heterocycles. The average Bonchev–Trinajstić information content (AvgIpc) is 2.85. The molecule has 7 heteroatoms. The number of fused-ring (bicyclic) bond motifs is 1. The Kier molecular flexibility index (Phi) is 3.30. The zero-order valence-corrected chi connectivity index (χ0v) is 11.7. The highest BCUT2D eigenvalue weighted by atomic mass is 35.5. The molecule has 3 heterocycles. The second kappa shape index (κ2) is 4.93. The zero-order valence-electron chi connectivity index (χ0n) is 10.1. The van der Waals surface area contributed by atoms with Crippen LogP contribution in [-0.4, -0.2) is 43.7 Å². The third-order valence-corrected chi connectivity index (χ3v) is 4.69. The van der Waals surface area contributed by atoms with E-state index in [1.165, 1.54) is 12.7 Å². The molecule has 0 amide bonds. The number of anilines is 1. The van der Waals surface area contributed by atoms with Gasteiger partial charge in [0.25, 0.3) is 5.78 Å². The third kappa shape index (κ3) is 2.14. The molecule has 18 heavy (non-hydrogen) atoms. The molecule has 0 aromatic carbocycles. The first-order valence-electron chi connectivity index (χ1n) is 6.00. The van der Waals surface area contributed by atoms with Crippen molar-refractivity contribution in [3.05, 3.63) is 17.5 Å². The van der Waals surface area contributed by atoms with Gasteiger partial charge >= 0.3 is 0 Å². The smallest absolute Gasteiger partial charge is 0.255 e. The van der Waals surface area contributed by atoms with Crippen LogP contribution in [0.1, 0.15) is 13.3 Å². The van der Waals surface area contributed by atoms with Crippen LogP contribution in [0, 0.1) is 0 Å². The Labute approximate surface area is 115 Å². The molecule has 1 aliphatic heterocycles. The van der Waals surface area contributed by atoms with E-state index in [1.807, 2.05) is 17.8 Å². The number of thioether (sulfide) groups is 1. The summed E-state index contributed by atoms with van der Waals surface area (Å²) in [6.07, 6.45) is 2.69. The van der Waals surface area contributed by atoms with Crippen molar-refractivity contribution < 1.29 is 0 Å². The van der Waals surface area contributed by atoms with Crippen molar-refractivity contribution in [2.45, 2.75) is 18.6 Å². The fourth-order valence-corrected chi connectivity index (χ4v) is 3.52. The molecule has 1 unspecified atom stereocenters. The number of halogens is 1. The third-order valence-electron chi connectivity index (χ3n) is 3.12. The highest BCUT2D eigenvalue weighted by Gasteiger charge is 2.22. The Bertz CT molecular complexity index is 557. The molecule has 0 aliphatic carbocycles. The van der Waals surface area contributed by atoms with Gasteiger partial charge in [-0.1, -0.05) is 18.5 Å². The Balaban J connectivity index is 2.00. The molecule has 0 radical (unpaired) electrons. The standard InChI is InChI=1S/C11H14ClN5S/c1-2-8-6-16(3-4-18-8)10-5-9(12)15-11-13-7-14-17(10)11/h5,7-8H,2-4,6H2,1H3. The van der Waals surface area contributed by atoms with Crippen LogP contribution in [0.15, 0.2) is 12.4 Å². The maximum absolute atomic E-state index is 6.05. The summed E-state index contributed by atoms with van der Waals surface area (Å²) in [7, 11) is 0. The fraction of sp³-hybridized carbons (Fsp3) is 0.545. The lowest BCUT2D eigenvalue weighted by atomic mass is 10.3. The van der Waals surface area contributed by atoms with E-state index in [-0.39, 0.29) is 0 Å². The van der Waals surface area contributed by atoms with Crippen molar-refractivity contribution in [2.75, 3.05) is 23.7 Å². The topological polar surface area (TPSA) is 46.3 Å². The van der Waals surface area contributed by atoms with Crippen LogP contribution >= 0.6 is 23.4 Å². The maximum Gasteiger partial charge on any atom is 0.255 e. The predicted molar refractivity (Wildman–Crippen MR) is 74.5 cm³/mol. The summed E-state index contributed by atoms with van der Waals surface area (Å²) >= 11 is 8.08. The molecule has 1 atom stereocenters. The van der Waals surface area contributed by atoms with Gasteiger partial charge in [0.2, 0.25) is 0 Å². The van der Waals surface area contributed by atoms with Gasteiger partial charge in [0.05, 0.1) is 0 Å². The van der Waals surface area contributed by atoms with Crippen LogP contribution in [0.4, 0.5) is 5.82 Å². The molecule has 1 fully saturated rings. The van der Waals surface area contributed by atoms with E-state index in [4.69, 9.17) is 11.6 Å². The van der Waals surface area contributed by atoms with Crippen LogP contribution in [-0.2, 0) is 0 Å². The second-order valence-electron chi connectivity index (χ2n) is 4.26.